The normalized spacial score (nSPS) is 15.2. The molecule has 1 saturated heterocycles. The number of rotatable bonds is 6. The van der Waals surface area contributed by atoms with E-state index in [0.29, 0.717) is 23.2 Å². The van der Waals surface area contributed by atoms with Gasteiger partial charge in [-0.3, -0.25) is 4.79 Å². The molecule has 1 aromatic heterocycles. The fraction of sp³-hybridized carbons (Fsp3) is 0.583. The fourth-order valence-corrected chi connectivity index (χ4v) is 3.82. The quantitative estimate of drug-likeness (QED) is 0.712. The van der Waals surface area contributed by atoms with Crippen LogP contribution in [0.4, 0.5) is 11.9 Å². The summed E-state index contributed by atoms with van der Waals surface area (Å²) in [7, 11) is 5.73. The molecule has 180 valence electrons. The lowest BCUT2D eigenvalue weighted by molar-refractivity contribution is 0.0962. The summed E-state index contributed by atoms with van der Waals surface area (Å²) in [5, 5.41) is 2.65. The Hall–Kier alpha value is -2.94. The lowest BCUT2D eigenvalue weighted by atomic mass is 9.96. The number of aromatic nitrogens is 3. The fourth-order valence-electron chi connectivity index (χ4n) is 3.82. The largest absolute Gasteiger partial charge is 0.424 e. The Labute approximate surface area is 197 Å². The Morgan fingerprint density at radius 2 is 1.91 bits per heavy atom. The molecule has 0 spiro atoms. The van der Waals surface area contributed by atoms with E-state index in [1.54, 1.807) is 19.2 Å². The highest BCUT2D eigenvalue weighted by Crippen LogP contribution is 2.27. The maximum atomic E-state index is 12.1. The van der Waals surface area contributed by atoms with Crippen molar-refractivity contribution >= 4 is 17.8 Å². The van der Waals surface area contributed by atoms with Crippen LogP contribution in [0.5, 0.6) is 11.8 Å². The molecule has 0 bridgehead atoms. The molecular formula is C24H37N7O2. The van der Waals surface area contributed by atoms with E-state index in [2.05, 4.69) is 52.9 Å². The Kier molecular flexibility index (Phi) is 7.73. The van der Waals surface area contributed by atoms with Crippen molar-refractivity contribution in [1.82, 2.24) is 25.2 Å². The summed E-state index contributed by atoms with van der Waals surface area (Å²) in [5.41, 5.74) is 1.49. The molecule has 1 aliphatic heterocycles. The summed E-state index contributed by atoms with van der Waals surface area (Å²) in [5.74, 6) is 1.57. The van der Waals surface area contributed by atoms with Gasteiger partial charge in [0.1, 0.15) is 5.75 Å². The lowest BCUT2D eigenvalue weighted by Crippen LogP contribution is -2.33. The van der Waals surface area contributed by atoms with E-state index in [0.717, 1.165) is 44.7 Å². The van der Waals surface area contributed by atoms with Crippen LogP contribution in [-0.4, -0.2) is 79.6 Å². The summed E-state index contributed by atoms with van der Waals surface area (Å²) < 4.78 is 6.14. The minimum Gasteiger partial charge on any atom is -0.424 e. The van der Waals surface area contributed by atoms with Crippen LogP contribution in [-0.2, 0) is 0 Å². The molecule has 0 saturated carbocycles. The van der Waals surface area contributed by atoms with Crippen molar-refractivity contribution in [2.24, 2.45) is 5.41 Å². The monoisotopic (exact) mass is 455 g/mol. The summed E-state index contributed by atoms with van der Waals surface area (Å²) in [6.07, 6.45) is 1.04. The standard InChI is InChI=1S/C24H37N7O2/c1-17-9-10-18(20(32)25-5)15-19(17)33-23-27-21(30(7)16-24(2,3)4)26-22(28-23)31-12-8-11-29(6)13-14-31/h9-10,15H,8,11-14,16H2,1-7H3,(H,25,32). The van der Waals surface area contributed by atoms with Gasteiger partial charge >= 0.3 is 6.01 Å². The van der Waals surface area contributed by atoms with E-state index >= 15 is 0 Å². The van der Waals surface area contributed by atoms with Gasteiger partial charge in [-0.05, 0) is 50.0 Å². The third-order valence-corrected chi connectivity index (χ3v) is 5.53. The molecule has 9 heteroatoms. The second-order valence-electron chi connectivity index (χ2n) is 9.94. The molecule has 0 atom stereocenters. The zero-order valence-corrected chi connectivity index (χ0v) is 21.0. The Morgan fingerprint density at radius 1 is 1.15 bits per heavy atom. The van der Waals surface area contributed by atoms with E-state index in [-0.39, 0.29) is 17.3 Å². The Balaban J connectivity index is 1.98. The van der Waals surface area contributed by atoms with Gasteiger partial charge in [-0.15, -0.1) is 0 Å². The predicted molar refractivity (Wildman–Crippen MR) is 132 cm³/mol. The first-order valence-electron chi connectivity index (χ1n) is 11.5. The number of amides is 1. The molecular weight excluding hydrogens is 418 g/mol. The van der Waals surface area contributed by atoms with Gasteiger partial charge in [0.15, 0.2) is 0 Å². The van der Waals surface area contributed by atoms with Crippen LogP contribution >= 0.6 is 0 Å². The predicted octanol–water partition coefficient (Wildman–Crippen LogP) is 2.96. The minimum atomic E-state index is -0.171. The van der Waals surface area contributed by atoms with Crippen LogP contribution in [0.2, 0.25) is 0 Å². The first kappa shape index (κ1) is 24.7. The summed E-state index contributed by atoms with van der Waals surface area (Å²) in [6, 6.07) is 5.58. The number of nitrogens with one attached hydrogen (secondary N) is 1. The van der Waals surface area contributed by atoms with Gasteiger partial charge in [0.25, 0.3) is 5.91 Å². The van der Waals surface area contributed by atoms with Crippen molar-refractivity contribution < 1.29 is 9.53 Å². The topological polar surface area (TPSA) is 86.7 Å². The summed E-state index contributed by atoms with van der Waals surface area (Å²) in [6.45, 7) is 13.0. The van der Waals surface area contributed by atoms with Crippen LogP contribution in [0.3, 0.4) is 0 Å². The van der Waals surface area contributed by atoms with Crippen molar-refractivity contribution in [3.05, 3.63) is 29.3 Å². The van der Waals surface area contributed by atoms with Gasteiger partial charge in [0.2, 0.25) is 11.9 Å². The zero-order valence-electron chi connectivity index (χ0n) is 21.0. The second kappa shape index (κ2) is 10.3. The third-order valence-electron chi connectivity index (χ3n) is 5.53. The van der Waals surface area contributed by atoms with Gasteiger partial charge in [0.05, 0.1) is 0 Å². The number of hydrogen-bond donors (Lipinski definition) is 1. The van der Waals surface area contributed by atoms with E-state index in [1.807, 2.05) is 24.9 Å². The number of carbonyl (C=O) groups is 1. The maximum Gasteiger partial charge on any atom is 0.328 e. The minimum absolute atomic E-state index is 0.0757. The molecule has 9 nitrogen and oxygen atoms in total. The highest BCUT2D eigenvalue weighted by atomic mass is 16.5. The van der Waals surface area contributed by atoms with Gasteiger partial charge in [-0.25, -0.2) is 0 Å². The SMILES string of the molecule is CNC(=O)c1ccc(C)c(Oc2nc(N(C)CC(C)(C)C)nc(N3CCCN(C)CC3)n2)c1. The second-order valence-corrected chi connectivity index (χ2v) is 9.94. The van der Waals surface area contributed by atoms with E-state index in [1.165, 1.54) is 0 Å². The van der Waals surface area contributed by atoms with Crippen molar-refractivity contribution in [3.8, 4) is 11.8 Å². The number of nitrogens with zero attached hydrogens (tertiary/aromatic N) is 6. The van der Waals surface area contributed by atoms with Gasteiger partial charge < -0.3 is 24.8 Å². The first-order chi connectivity index (χ1) is 15.6. The number of ether oxygens (including phenoxy) is 1. The number of carbonyl (C=O) groups excluding carboxylic acids is 1. The maximum absolute atomic E-state index is 12.1. The molecule has 33 heavy (non-hydrogen) atoms. The molecule has 3 rings (SSSR count). The van der Waals surface area contributed by atoms with Crippen LogP contribution in [0.1, 0.15) is 43.1 Å². The third kappa shape index (κ3) is 6.77. The van der Waals surface area contributed by atoms with Crippen molar-refractivity contribution in [2.75, 3.05) is 63.7 Å². The zero-order chi connectivity index (χ0) is 24.2. The van der Waals surface area contributed by atoms with Crippen molar-refractivity contribution in [1.29, 1.82) is 0 Å². The number of likely N-dealkylation sites (N-methyl/N-ethyl adjacent to an activating group) is 1. The van der Waals surface area contributed by atoms with Crippen LogP contribution < -0.4 is 19.9 Å². The van der Waals surface area contributed by atoms with Gasteiger partial charge in [0, 0.05) is 45.8 Å². The molecule has 0 aliphatic carbocycles. The number of anilines is 2. The molecule has 1 fully saturated rings. The van der Waals surface area contributed by atoms with Crippen molar-refractivity contribution in [3.63, 3.8) is 0 Å². The molecule has 1 N–H and O–H groups in total. The molecule has 2 aromatic rings. The van der Waals surface area contributed by atoms with E-state index in [9.17, 15) is 4.79 Å². The Bertz CT molecular complexity index is 974. The summed E-state index contributed by atoms with van der Waals surface area (Å²) in [4.78, 5) is 32.7. The molecule has 0 unspecified atom stereocenters. The molecule has 0 radical (unpaired) electrons. The van der Waals surface area contributed by atoms with Crippen LogP contribution in [0, 0.1) is 12.3 Å². The average molecular weight is 456 g/mol. The van der Waals surface area contributed by atoms with Gasteiger partial charge in [-0.2, -0.15) is 15.0 Å². The highest BCUT2D eigenvalue weighted by molar-refractivity contribution is 5.94. The molecule has 1 aliphatic rings. The highest BCUT2D eigenvalue weighted by Gasteiger charge is 2.22. The first-order valence-corrected chi connectivity index (χ1v) is 11.5. The average Bonchev–Trinajstić information content (AvgIpc) is 2.97. The van der Waals surface area contributed by atoms with Gasteiger partial charge in [-0.1, -0.05) is 26.8 Å². The Morgan fingerprint density at radius 3 is 2.61 bits per heavy atom. The molecule has 1 aromatic carbocycles. The molecule has 2 heterocycles. The van der Waals surface area contributed by atoms with Crippen molar-refractivity contribution in [2.45, 2.75) is 34.1 Å². The number of benzene rings is 1. The van der Waals surface area contributed by atoms with Crippen LogP contribution in [0.25, 0.3) is 0 Å². The lowest BCUT2D eigenvalue weighted by Gasteiger charge is -2.28. The van der Waals surface area contributed by atoms with Crippen LogP contribution in [0.15, 0.2) is 18.2 Å². The van der Waals surface area contributed by atoms with E-state index in [4.69, 9.17) is 9.72 Å². The van der Waals surface area contributed by atoms with E-state index < -0.39 is 0 Å². The smallest absolute Gasteiger partial charge is 0.328 e. The summed E-state index contributed by atoms with van der Waals surface area (Å²) >= 11 is 0. The number of hydrogen-bond acceptors (Lipinski definition) is 8. The number of aryl methyl sites for hydroxylation is 1. The molecule has 1 amide bonds.